The van der Waals surface area contributed by atoms with Gasteiger partial charge in [-0.15, -0.1) is 13.2 Å². The highest BCUT2D eigenvalue weighted by atomic mass is 35.7. The third-order valence-electron chi connectivity index (χ3n) is 2.35. The van der Waals surface area contributed by atoms with Gasteiger partial charge >= 0.3 is 0 Å². The number of benzene rings is 1. The van der Waals surface area contributed by atoms with Gasteiger partial charge in [-0.1, -0.05) is 18.2 Å². The summed E-state index contributed by atoms with van der Waals surface area (Å²) in [5, 5.41) is 0. The number of carbonyl (C=O) groups is 1. The topological polar surface area (TPSA) is 54.5 Å². The SMILES string of the molecule is C=CCN(CC=C)C(=O)c1cccc(S(=O)(=O)Cl)c1. The first-order valence-electron chi connectivity index (χ1n) is 5.46. The Hall–Kier alpha value is -1.59. The molecule has 0 aliphatic heterocycles. The zero-order chi connectivity index (χ0) is 14.5. The molecule has 6 heteroatoms. The number of carbonyl (C=O) groups excluding carboxylic acids is 1. The first-order valence-corrected chi connectivity index (χ1v) is 7.77. The number of rotatable bonds is 6. The van der Waals surface area contributed by atoms with Crippen molar-refractivity contribution in [3.8, 4) is 0 Å². The molecule has 1 aromatic carbocycles. The molecule has 1 amide bonds. The highest BCUT2D eigenvalue weighted by Crippen LogP contribution is 2.17. The Bertz CT molecular complexity index is 586. The smallest absolute Gasteiger partial charge is 0.261 e. The minimum absolute atomic E-state index is 0.0998. The van der Waals surface area contributed by atoms with Crippen LogP contribution in [0.2, 0.25) is 0 Å². The van der Waals surface area contributed by atoms with E-state index in [1.165, 1.54) is 29.2 Å². The second-order valence-corrected chi connectivity index (χ2v) is 6.32. The van der Waals surface area contributed by atoms with E-state index >= 15 is 0 Å². The molecule has 1 aromatic rings. The standard InChI is InChI=1S/C13H14ClNO3S/c1-3-8-15(9-4-2)13(16)11-6-5-7-12(10-11)19(14,17)18/h3-7,10H,1-2,8-9H2. The first-order chi connectivity index (χ1) is 8.90. The Morgan fingerprint density at radius 2 is 1.84 bits per heavy atom. The van der Waals surface area contributed by atoms with Crippen molar-refractivity contribution in [3.05, 3.63) is 55.1 Å². The van der Waals surface area contributed by atoms with E-state index in [4.69, 9.17) is 10.7 Å². The van der Waals surface area contributed by atoms with Gasteiger partial charge in [-0.2, -0.15) is 0 Å². The molecule has 4 nitrogen and oxygen atoms in total. The van der Waals surface area contributed by atoms with Gasteiger partial charge in [0.05, 0.1) is 4.90 Å². The van der Waals surface area contributed by atoms with Crippen LogP contribution in [-0.4, -0.2) is 32.3 Å². The van der Waals surface area contributed by atoms with Gasteiger partial charge in [-0.05, 0) is 18.2 Å². The van der Waals surface area contributed by atoms with E-state index in [1.807, 2.05) is 0 Å². The summed E-state index contributed by atoms with van der Waals surface area (Å²) in [5.74, 6) is -0.304. The van der Waals surface area contributed by atoms with Crippen molar-refractivity contribution in [2.75, 3.05) is 13.1 Å². The van der Waals surface area contributed by atoms with E-state index in [0.717, 1.165) is 0 Å². The second-order valence-electron chi connectivity index (χ2n) is 3.75. The van der Waals surface area contributed by atoms with E-state index in [-0.39, 0.29) is 16.4 Å². The van der Waals surface area contributed by atoms with E-state index in [1.54, 1.807) is 12.2 Å². The number of hydrogen-bond donors (Lipinski definition) is 0. The monoisotopic (exact) mass is 299 g/mol. The van der Waals surface area contributed by atoms with Crippen LogP contribution in [0.3, 0.4) is 0 Å². The van der Waals surface area contributed by atoms with Crippen molar-refractivity contribution in [1.82, 2.24) is 4.90 Å². The van der Waals surface area contributed by atoms with E-state index in [0.29, 0.717) is 13.1 Å². The first kappa shape index (κ1) is 15.5. The molecule has 0 heterocycles. The number of amides is 1. The molecule has 0 fully saturated rings. The molecule has 0 bridgehead atoms. The van der Waals surface area contributed by atoms with Gasteiger partial charge in [0.25, 0.3) is 15.0 Å². The molecule has 0 spiro atoms. The van der Waals surface area contributed by atoms with Crippen molar-refractivity contribution in [1.29, 1.82) is 0 Å². The Balaban J connectivity index is 3.11. The molecular weight excluding hydrogens is 286 g/mol. The number of hydrogen-bond acceptors (Lipinski definition) is 3. The predicted molar refractivity (Wildman–Crippen MR) is 75.8 cm³/mol. The minimum Gasteiger partial charge on any atom is -0.331 e. The van der Waals surface area contributed by atoms with Crippen LogP contribution in [0.25, 0.3) is 0 Å². The van der Waals surface area contributed by atoms with Crippen LogP contribution in [-0.2, 0) is 9.05 Å². The van der Waals surface area contributed by atoms with E-state index in [2.05, 4.69) is 13.2 Å². The zero-order valence-corrected chi connectivity index (χ0v) is 11.8. The molecule has 0 saturated carbocycles. The molecular formula is C13H14ClNO3S. The van der Waals surface area contributed by atoms with Gasteiger partial charge in [-0.25, -0.2) is 8.42 Å². The van der Waals surface area contributed by atoms with Crippen LogP contribution >= 0.6 is 10.7 Å². The summed E-state index contributed by atoms with van der Waals surface area (Å²) >= 11 is 0. The number of halogens is 1. The third-order valence-corrected chi connectivity index (χ3v) is 3.70. The summed E-state index contributed by atoms with van der Waals surface area (Å²) in [6.45, 7) is 7.84. The third kappa shape index (κ3) is 4.22. The minimum atomic E-state index is -3.85. The van der Waals surface area contributed by atoms with Crippen molar-refractivity contribution in [2.45, 2.75) is 4.90 Å². The molecule has 0 saturated heterocycles. The van der Waals surface area contributed by atoms with Gasteiger partial charge in [0.15, 0.2) is 0 Å². The maximum Gasteiger partial charge on any atom is 0.261 e. The zero-order valence-electron chi connectivity index (χ0n) is 10.3. The van der Waals surface area contributed by atoms with Crippen LogP contribution in [0.4, 0.5) is 0 Å². The molecule has 102 valence electrons. The van der Waals surface area contributed by atoms with Crippen molar-refractivity contribution in [3.63, 3.8) is 0 Å². The van der Waals surface area contributed by atoms with Crippen LogP contribution in [0.15, 0.2) is 54.5 Å². The Morgan fingerprint density at radius 3 is 2.32 bits per heavy atom. The summed E-state index contributed by atoms with van der Waals surface area (Å²) < 4.78 is 22.5. The predicted octanol–water partition coefficient (Wildman–Crippen LogP) is 2.43. The van der Waals surface area contributed by atoms with Crippen LogP contribution in [0.5, 0.6) is 0 Å². The van der Waals surface area contributed by atoms with Crippen LogP contribution in [0.1, 0.15) is 10.4 Å². The van der Waals surface area contributed by atoms with Crippen LogP contribution < -0.4 is 0 Å². The van der Waals surface area contributed by atoms with E-state index < -0.39 is 9.05 Å². The van der Waals surface area contributed by atoms with Crippen molar-refractivity contribution >= 4 is 25.6 Å². The molecule has 0 unspecified atom stereocenters. The van der Waals surface area contributed by atoms with Gasteiger partial charge in [0.1, 0.15) is 0 Å². The Labute approximate surface area is 117 Å². The molecule has 0 atom stereocenters. The lowest BCUT2D eigenvalue weighted by Crippen LogP contribution is -2.31. The average molecular weight is 300 g/mol. The Kier molecular flexibility index (Phi) is 5.32. The summed E-state index contributed by atoms with van der Waals surface area (Å²) in [5.41, 5.74) is 0.255. The summed E-state index contributed by atoms with van der Waals surface area (Å²) in [7, 11) is 1.40. The molecule has 0 N–H and O–H groups in total. The lowest BCUT2D eigenvalue weighted by Gasteiger charge is -2.19. The highest BCUT2D eigenvalue weighted by molar-refractivity contribution is 8.13. The largest absolute Gasteiger partial charge is 0.331 e. The Morgan fingerprint density at radius 1 is 1.26 bits per heavy atom. The lowest BCUT2D eigenvalue weighted by molar-refractivity contribution is 0.0790. The maximum absolute atomic E-state index is 12.2. The molecule has 0 radical (unpaired) electrons. The molecule has 0 aromatic heterocycles. The van der Waals surface area contributed by atoms with Gasteiger partial charge < -0.3 is 4.90 Å². The molecule has 0 aliphatic carbocycles. The van der Waals surface area contributed by atoms with Gasteiger partial charge in [-0.3, -0.25) is 4.79 Å². The average Bonchev–Trinajstić information content (AvgIpc) is 2.37. The second kappa shape index (κ2) is 6.54. The molecule has 0 aliphatic rings. The van der Waals surface area contributed by atoms with Crippen LogP contribution in [0, 0.1) is 0 Å². The maximum atomic E-state index is 12.2. The fraction of sp³-hybridized carbons (Fsp3) is 0.154. The fourth-order valence-electron chi connectivity index (χ4n) is 1.52. The van der Waals surface area contributed by atoms with E-state index in [9.17, 15) is 13.2 Å². The lowest BCUT2D eigenvalue weighted by atomic mass is 10.2. The highest BCUT2D eigenvalue weighted by Gasteiger charge is 2.16. The summed E-state index contributed by atoms with van der Waals surface area (Å²) in [6.07, 6.45) is 3.17. The quantitative estimate of drug-likeness (QED) is 0.599. The van der Waals surface area contributed by atoms with Crippen molar-refractivity contribution < 1.29 is 13.2 Å². The summed E-state index contributed by atoms with van der Waals surface area (Å²) in [4.78, 5) is 13.6. The molecule has 19 heavy (non-hydrogen) atoms. The normalized spacial score (nSPS) is 10.8. The summed E-state index contributed by atoms with van der Waals surface area (Å²) in [6, 6.07) is 5.60. The molecule has 1 rings (SSSR count). The van der Waals surface area contributed by atoms with Gasteiger partial charge in [0.2, 0.25) is 0 Å². The van der Waals surface area contributed by atoms with Gasteiger partial charge in [0, 0.05) is 29.3 Å². The van der Waals surface area contributed by atoms with Crippen molar-refractivity contribution in [2.24, 2.45) is 0 Å². The number of nitrogens with zero attached hydrogens (tertiary/aromatic N) is 1. The fourth-order valence-corrected chi connectivity index (χ4v) is 2.31.